The van der Waals surface area contributed by atoms with E-state index in [1.54, 1.807) is 19.1 Å². The van der Waals surface area contributed by atoms with Crippen molar-refractivity contribution in [3.8, 4) is 5.75 Å². The molecule has 0 saturated carbocycles. The van der Waals surface area contributed by atoms with Crippen LogP contribution in [0.15, 0.2) is 24.3 Å². The molecule has 0 heterocycles. The van der Waals surface area contributed by atoms with Gasteiger partial charge in [0.2, 0.25) is 11.8 Å². The lowest BCUT2D eigenvalue weighted by molar-refractivity contribution is -0.143. The topological polar surface area (TPSA) is 116 Å². The quantitative estimate of drug-likeness (QED) is 0.544. The van der Waals surface area contributed by atoms with E-state index >= 15 is 0 Å². The number of hydrogen-bond acceptors (Lipinski definition) is 4. The number of aromatic hydroxyl groups is 1. The van der Waals surface area contributed by atoms with E-state index in [2.05, 4.69) is 10.6 Å². The van der Waals surface area contributed by atoms with Crippen LogP contribution >= 0.6 is 0 Å². The van der Waals surface area contributed by atoms with Crippen molar-refractivity contribution in [1.29, 1.82) is 0 Å². The summed E-state index contributed by atoms with van der Waals surface area (Å²) in [5.74, 6) is -2.28. The molecule has 126 valence electrons. The van der Waals surface area contributed by atoms with Crippen LogP contribution in [-0.4, -0.2) is 34.0 Å². The summed E-state index contributed by atoms with van der Waals surface area (Å²) in [6, 6.07) is 5.29. The molecule has 1 rings (SSSR count). The first-order valence-corrected chi connectivity index (χ1v) is 7.45. The molecule has 1 aromatic carbocycles. The number of rotatable bonds is 8. The van der Waals surface area contributed by atoms with Crippen molar-refractivity contribution in [3.63, 3.8) is 0 Å². The minimum absolute atomic E-state index is 0.0620. The van der Waals surface area contributed by atoms with Crippen molar-refractivity contribution in [2.24, 2.45) is 5.92 Å². The Balaban J connectivity index is 2.47. The van der Waals surface area contributed by atoms with Gasteiger partial charge in [0.15, 0.2) is 0 Å². The third kappa shape index (κ3) is 5.98. The number of phenols is 1. The highest BCUT2D eigenvalue weighted by Crippen LogP contribution is 2.21. The Labute approximate surface area is 134 Å². The van der Waals surface area contributed by atoms with Gasteiger partial charge in [0.1, 0.15) is 11.8 Å². The SMILES string of the molecule is CCC(C)C(NC(=O)CCC(=O)Nc1ccccc1O)C(=O)O. The number of nitrogens with one attached hydrogen (secondary N) is 2. The van der Waals surface area contributed by atoms with Gasteiger partial charge in [-0.1, -0.05) is 32.4 Å². The third-order valence-electron chi connectivity index (χ3n) is 3.55. The Morgan fingerprint density at radius 3 is 2.30 bits per heavy atom. The average molecular weight is 322 g/mol. The largest absolute Gasteiger partial charge is 0.506 e. The van der Waals surface area contributed by atoms with Crippen LogP contribution in [0.25, 0.3) is 0 Å². The summed E-state index contributed by atoms with van der Waals surface area (Å²) in [6.07, 6.45) is 0.387. The maximum atomic E-state index is 11.8. The normalized spacial score (nSPS) is 13.0. The van der Waals surface area contributed by atoms with Gasteiger partial charge in [0.25, 0.3) is 0 Å². The van der Waals surface area contributed by atoms with Crippen LogP contribution in [0.1, 0.15) is 33.1 Å². The lowest BCUT2D eigenvalue weighted by Crippen LogP contribution is -2.45. The van der Waals surface area contributed by atoms with Crippen LogP contribution in [0.2, 0.25) is 0 Å². The summed E-state index contributed by atoms with van der Waals surface area (Å²) in [5.41, 5.74) is 0.265. The van der Waals surface area contributed by atoms with Crippen LogP contribution in [0.3, 0.4) is 0 Å². The molecule has 7 heteroatoms. The van der Waals surface area contributed by atoms with E-state index in [1.165, 1.54) is 12.1 Å². The molecule has 7 nitrogen and oxygen atoms in total. The van der Waals surface area contributed by atoms with Gasteiger partial charge < -0.3 is 20.8 Å². The highest BCUT2D eigenvalue weighted by atomic mass is 16.4. The molecule has 0 saturated heterocycles. The maximum absolute atomic E-state index is 11.8. The molecular weight excluding hydrogens is 300 g/mol. The molecule has 4 N–H and O–H groups in total. The maximum Gasteiger partial charge on any atom is 0.326 e. The van der Waals surface area contributed by atoms with E-state index in [1.807, 2.05) is 6.92 Å². The number of para-hydroxylation sites is 2. The number of carbonyl (C=O) groups is 3. The molecule has 2 amide bonds. The lowest BCUT2D eigenvalue weighted by Gasteiger charge is -2.20. The molecule has 0 bridgehead atoms. The van der Waals surface area contributed by atoms with Gasteiger partial charge in [-0.3, -0.25) is 9.59 Å². The molecule has 2 atom stereocenters. The van der Waals surface area contributed by atoms with Gasteiger partial charge in [0.05, 0.1) is 5.69 Å². The predicted molar refractivity (Wildman–Crippen MR) is 85.0 cm³/mol. The van der Waals surface area contributed by atoms with Crippen LogP contribution in [0.4, 0.5) is 5.69 Å². The number of hydrogen-bond donors (Lipinski definition) is 4. The summed E-state index contributed by atoms with van der Waals surface area (Å²) in [7, 11) is 0. The molecule has 0 aromatic heterocycles. The Bertz CT molecular complexity index is 573. The van der Waals surface area contributed by atoms with Crippen molar-refractivity contribution in [3.05, 3.63) is 24.3 Å². The van der Waals surface area contributed by atoms with E-state index in [0.29, 0.717) is 6.42 Å². The van der Waals surface area contributed by atoms with Crippen molar-refractivity contribution < 1.29 is 24.6 Å². The van der Waals surface area contributed by atoms with Gasteiger partial charge >= 0.3 is 5.97 Å². The van der Waals surface area contributed by atoms with Crippen LogP contribution in [0, 0.1) is 5.92 Å². The number of aliphatic carboxylic acids is 1. The summed E-state index contributed by atoms with van der Waals surface area (Å²) in [6.45, 7) is 3.58. The van der Waals surface area contributed by atoms with E-state index in [0.717, 1.165) is 0 Å². The molecular formula is C16H22N2O5. The van der Waals surface area contributed by atoms with Crippen molar-refractivity contribution in [2.75, 3.05) is 5.32 Å². The van der Waals surface area contributed by atoms with E-state index < -0.39 is 23.8 Å². The van der Waals surface area contributed by atoms with Crippen molar-refractivity contribution in [2.45, 2.75) is 39.2 Å². The van der Waals surface area contributed by atoms with Crippen LogP contribution in [0.5, 0.6) is 5.75 Å². The fraction of sp³-hybridized carbons (Fsp3) is 0.438. The zero-order valence-electron chi connectivity index (χ0n) is 13.2. The van der Waals surface area contributed by atoms with E-state index in [9.17, 15) is 19.5 Å². The summed E-state index contributed by atoms with van der Waals surface area (Å²) < 4.78 is 0. The van der Waals surface area contributed by atoms with Gasteiger partial charge in [-0.2, -0.15) is 0 Å². The number of amides is 2. The fourth-order valence-corrected chi connectivity index (χ4v) is 1.95. The number of anilines is 1. The first-order valence-electron chi connectivity index (χ1n) is 7.45. The smallest absolute Gasteiger partial charge is 0.326 e. The van der Waals surface area contributed by atoms with Gasteiger partial charge in [-0.25, -0.2) is 4.79 Å². The molecule has 23 heavy (non-hydrogen) atoms. The van der Waals surface area contributed by atoms with Gasteiger partial charge in [-0.15, -0.1) is 0 Å². The summed E-state index contributed by atoms with van der Waals surface area (Å²) >= 11 is 0. The van der Waals surface area contributed by atoms with E-state index in [-0.39, 0.29) is 30.2 Å². The number of benzene rings is 1. The second-order valence-corrected chi connectivity index (χ2v) is 5.33. The Morgan fingerprint density at radius 1 is 1.13 bits per heavy atom. The summed E-state index contributed by atoms with van der Waals surface area (Å²) in [5, 5.41) is 23.6. The fourth-order valence-electron chi connectivity index (χ4n) is 1.95. The van der Waals surface area contributed by atoms with Gasteiger partial charge in [-0.05, 0) is 18.1 Å². The van der Waals surface area contributed by atoms with Crippen LogP contribution in [-0.2, 0) is 14.4 Å². The molecule has 0 spiro atoms. The van der Waals surface area contributed by atoms with Crippen molar-refractivity contribution >= 4 is 23.5 Å². The highest BCUT2D eigenvalue weighted by molar-refractivity contribution is 5.94. The third-order valence-corrected chi connectivity index (χ3v) is 3.55. The second kappa shape index (κ2) is 8.77. The molecule has 0 radical (unpaired) electrons. The van der Waals surface area contributed by atoms with Crippen molar-refractivity contribution in [1.82, 2.24) is 5.32 Å². The molecule has 0 aliphatic heterocycles. The highest BCUT2D eigenvalue weighted by Gasteiger charge is 2.25. The molecule has 0 fully saturated rings. The second-order valence-electron chi connectivity index (χ2n) is 5.33. The Kier molecular flexibility index (Phi) is 7.05. The number of carbonyl (C=O) groups excluding carboxylic acids is 2. The monoisotopic (exact) mass is 322 g/mol. The molecule has 0 aliphatic carbocycles. The number of phenolic OH excluding ortho intramolecular Hbond substituents is 1. The number of carboxylic acids is 1. The number of carboxylic acid groups (broad SMARTS) is 1. The first-order chi connectivity index (χ1) is 10.8. The van der Waals surface area contributed by atoms with Crippen LogP contribution < -0.4 is 10.6 Å². The Hall–Kier alpha value is -2.57. The zero-order valence-corrected chi connectivity index (χ0v) is 13.2. The van der Waals surface area contributed by atoms with Gasteiger partial charge in [0, 0.05) is 12.8 Å². The molecule has 0 aliphatic rings. The lowest BCUT2D eigenvalue weighted by atomic mass is 9.99. The molecule has 2 unspecified atom stereocenters. The zero-order chi connectivity index (χ0) is 17.4. The first kappa shape index (κ1) is 18.5. The minimum atomic E-state index is -1.09. The standard InChI is InChI=1S/C16H22N2O5/c1-3-10(2)15(16(22)23)18-14(21)9-8-13(20)17-11-6-4-5-7-12(11)19/h4-7,10,15,19H,3,8-9H2,1-2H3,(H,17,20)(H,18,21)(H,22,23). The average Bonchev–Trinajstić information content (AvgIpc) is 2.51. The Morgan fingerprint density at radius 2 is 1.74 bits per heavy atom. The van der Waals surface area contributed by atoms with E-state index in [4.69, 9.17) is 5.11 Å². The molecule has 1 aromatic rings. The minimum Gasteiger partial charge on any atom is -0.506 e. The predicted octanol–water partition coefficient (Wildman–Crippen LogP) is 1.73. The summed E-state index contributed by atoms with van der Waals surface area (Å²) in [4.78, 5) is 34.7.